The molecule has 3 aromatic rings. The van der Waals surface area contributed by atoms with Crippen LogP contribution in [0.3, 0.4) is 0 Å². The molecule has 3 rings (SSSR count). The first-order valence-electron chi connectivity index (χ1n) is 6.58. The van der Waals surface area contributed by atoms with Gasteiger partial charge in [-0.05, 0) is 46.6 Å². The van der Waals surface area contributed by atoms with Gasteiger partial charge in [-0.3, -0.25) is 4.40 Å². The van der Waals surface area contributed by atoms with E-state index >= 15 is 0 Å². The molecule has 0 bridgehead atoms. The number of pyridine rings is 1. The van der Waals surface area contributed by atoms with Gasteiger partial charge in [0.15, 0.2) is 11.3 Å². The first kappa shape index (κ1) is 14.6. The number of aromatic carboxylic acids is 1. The lowest BCUT2D eigenvalue weighted by atomic mass is 10.1. The number of rotatable bonds is 3. The van der Waals surface area contributed by atoms with E-state index in [2.05, 4.69) is 20.9 Å². The molecule has 112 valence electrons. The second kappa shape index (κ2) is 5.46. The Morgan fingerprint density at radius 2 is 2.09 bits per heavy atom. The first-order chi connectivity index (χ1) is 10.5. The van der Waals surface area contributed by atoms with Gasteiger partial charge in [-0.1, -0.05) is 12.1 Å². The number of para-hydroxylation sites is 1. The zero-order chi connectivity index (χ0) is 15.9. The molecule has 0 radical (unpaired) electrons. The third kappa shape index (κ3) is 2.25. The van der Waals surface area contributed by atoms with Crippen molar-refractivity contribution in [2.75, 3.05) is 7.11 Å². The maximum absolute atomic E-state index is 11.8. The molecule has 0 atom stereocenters. The Morgan fingerprint density at radius 3 is 2.77 bits per heavy atom. The van der Waals surface area contributed by atoms with Crippen molar-refractivity contribution in [3.8, 4) is 17.0 Å². The number of carboxylic acid groups (broad SMARTS) is 1. The van der Waals surface area contributed by atoms with Crippen LogP contribution in [-0.2, 0) is 0 Å². The number of carbonyl (C=O) groups is 1. The van der Waals surface area contributed by atoms with Crippen LogP contribution in [0.15, 0.2) is 41.0 Å². The highest BCUT2D eigenvalue weighted by atomic mass is 79.9. The summed E-state index contributed by atoms with van der Waals surface area (Å²) in [5, 5.41) is 9.64. The van der Waals surface area contributed by atoms with E-state index in [0.717, 1.165) is 10.0 Å². The monoisotopic (exact) mass is 360 g/mol. The second-order valence-corrected chi connectivity index (χ2v) is 5.73. The van der Waals surface area contributed by atoms with Crippen LogP contribution in [0.4, 0.5) is 0 Å². The van der Waals surface area contributed by atoms with E-state index in [1.807, 2.05) is 25.1 Å². The highest BCUT2D eigenvalue weighted by molar-refractivity contribution is 9.10. The summed E-state index contributed by atoms with van der Waals surface area (Å²) in [7, 11) is 1.55. The molecule has 22 heavy (non-hydrogen) atoms. The highest BCUT2D eigenvalue weighted by Gasteiger charge is 2.23. The molecule has 1 aromatic carbocycles. The van der Waals surface area contributed by atoms with E-state index in [9.17, 15) is 9.90 Å². The number of carboxylic acids is 1. The Balaban J connectivity index is 2.41. The highest BCUT2D eigenvalue weighted by Crippen LogP contribution is 2.34. The molecular weight excluding hydrogens is 348 g/mol. The van der Waals surface area contributed by atoms with E-state index < -0.39 is 5.97 Å². The van der Waals surface area contributed by atoms with Crippen LogP contribution >= 0.6 is 15.9 Å². The molecule has 2 heterocycles. The Bertz CT molecular complexity index is 886. The normalized spacial score (nSPS) is 10.9. The van der Waals surface area contributed by atoms with Gasteiger partial charge in [-0.2, -0.15) is 0 Å². The standard InChI is InChI=1S/C16H13BrN2O3/c1-9-7-11(17)15-18-13(14(16(20)21)19(15)8-9)10-5-3-4-6-12(10)22-2/h3-8H,1-2H3,(H,20,21). The van der Waals surface area contributed by atoms with Gasteiger partial charge in [0.2, 0.25) is 0 Å². The number of methoxy groups -OCH3 is 1. The van der Waals surface area contributed by atoms with Crippen molar-refractivity contribution >= 4 is 27.5 Å². The van der Waals surface area contributed by atoms with Crippen molar-refractivity contribution in [1.29, 1.82) is 0 Å². The quantitative estimate of drug-likeness (QED) is 0.771. The summed E-state index contributed by atoms with van der Waals surface area (Å²) < 4.78 is 7.66. The van der Waals surface area contributed by atoms with Gasteiger partial charge in [-0.25, -0.2) is 9.78 Å². The molecule has 0 aliphatic heterocycles. The number of hydrogen-bond donors (Lipinski definition) is 1. The minimum absolute atomic E-state index is 0.115. The van der Waals surface area contributed by atoms with Crippen LogP contribution in [-0.4, -0.2) is 27.6 Å². The molecule has 5 nitrogen and oxygen atoms in total. The number of imidazole rings is 1. The molecule has 0 aliphatic carbocycles. The van der Waals surface area contributed by atoms with Gasteiger partial charge in [0.1, 0.15) is 11.4 Å². The van der Waals surface area contributed by atoms with Crippen LogP contribution in [0.25, 0.3) is 16.9 Å². The van der Waals surface area contributed by atoms with Crippen LogP contribution in [0, 0.1) is 6.92 Å². The van der Waals surface area contributed by atoms with Gasteiger partial charge in [0, 0.05) is 11.8 Å². The Labute approximate surface area is 135 Å². The minimum Gasteiger partial charge on any atom is -0.496 e. The fourth-order valence-electron chi connectivity index (χ4n) is 2.46. The third-order valence-electron chi connectivity index (χ3n) is 3.38. The lowest BCUT2D eigenvalue weighted by Crippen LogP contribution is -2.04. The number of nitrogens with zero attached hydrogens (tertiary/aromatic N) is 2. The summed E-state index contributed by atoms with van der Waals surface area (Å²) in [5.74, 6) is -0.452. The van der Waals surface area contributed by atoms with E-state index in [4.69, 9.17) is 4.74 Å². The van der Waals surface area contributed by atoms with Crippen LogP contribution < -0.4 is 4.74 Å². The number of ether oxygens (including phenoxy) is 1. The molecule has 0 saturated carbocycles. The molecule has 6 heteroatoms. The zero-order valence-electron chi connectivity index (χ0n) is 12.0. The van der Waals surface area contributed by atoms with Gasteiger partial charge < -0.3 is 9.84 Å². The van der Waals surface area contributed by atoms with Gasteiger partial charge in [0.05, 0.1) is 11.6 Å². The van der Waals surface area contributed by atoms with Gasteiger partial charge in [-0.15, -0.1) is 0 Å². The third-order valence-corrected chi connectivity index (χ3v) is 3.96. The molecule has 2 aromatic heterocycles. The molecule has 0 saturated heterocycles. The lowest BCUT2D eigenvalue weighted by molar-refractivity contribution is 0.0690. The lowest BCUT2D eigenvalue weighted by Gasteiger charge is -2.06. The van der Waals surface area contributed by atoms with Crippen LogP contribution in [0.2, 0.25) is 0 Å². The molecule has 0 amide bonds. The predicted molar refractivity (Wildman–Crippen MR) is 86.6 cm³/mol. The molecule has 1 N–H and O–H groups in total. The smallest absolute Gasteiger partial charge is 0.355 e. The average molecular weight is 361 g/mol. The molecular formula is C16H13BrN2O3. The summed E-state index contributed by atoms with van der Waals surface area (Å²) in [4.78, 5) is 16.3. The average Bonchev–Trinajstić information content (AvgIpc) is 2.86. The van der Waals surface area contributed by atoms with E-state index in [0.29, 0.717) is 22.7 Å². The Kier molecular flexibility index (Phi) is 3.62. The van der Waals surface area contributed by atoms with Crippen molar-refractivity contribution in [3.63, 3.8) is 0 Å². The van der Waals surface area contributed by atoms with Crippen molar-refractivity contribution in [1.82, 2.24) is 9.38 Å². The first-order valence-corrected chi connectivity index (χ1v) is 7.37. The van der Waals surface area contributed by atoms with Crippen LogP contribution in [0.5, 0.6) is 5.75 Å². The summed E-state index contributed by atoms with van der Waals surface area (Å²) >= 11 is 3.44. The van der Waals surface area contributed by atoms with E-state index in [1.165, 1.54) is 0 Å². The molecule has 0 fully saturated rings. The summed E-state index contributed by atoms with van der Waals surface area (Å²) in [6, 6.07) is 9.14. The molecule has 0 aliphatic rings. The van der Waals surface area contributed by atoms with Crippen molar-refractivity contribution in [2.45, 2.75) is 6.92 Å². The Hall–Kier alpha value is -2.34. The van der Waals surface area contributed by atoms with E-state index in [1.54, 1.807) is 29.8 Å². The number of hydrogen-bond acceptors (Lipinski definition) is 3. The van der Waals surface area contributed by atoms with Gasteiger partial charge >= 0.3 is 5.97 Å². The summed E-state index contributed by atoms with van der Waals surface area (Å²) in [6.07, 6.45) is 1.76. The largest absolute Gasteiger partial charge is 0.496 e. The number of aromatic nitrogens is 2. The number of fused-ring (bicyclic) bond motifs is 1. The Morgan fingerprint density at radius 1 is 1.36 bits per heavy atom. The molecule has 0 unspecified atom stereocenters. The van der Waals surface area contributed by atoms with Crippen molar-refractivity contribution in [3.05, 3.63) is 52.3 Å². The SMILES string of the molecule is COc1ccccc1-c1nc2c(Br)cc(C)cn2c1C(=O)O. The fraction of sp³-hybridized carbons (Fsp3) is 0.125. The molecule has 0 spiro atoms. The maximum Gasteiger partial charge on any atom is 0.355 e. The van der Waals surface area contributed by atoms with Crippen LogP contribution in [0.1, 0.15) is 16.1 Å². The number of benzene rings is 1. The maximum atomic E-state index is 11.8. The summed E-state index contributed by atoms with van der Waals surface area (Å²) in [6.45, 7) is 1.90. The zero-order valence-corrected chi connectivity index (χ0v) is 13.6. The fourth-order valence-corrected chi connectivity index (χ4v) is 3.11. The number of aryl methyl sites for hydroxylation is 1. The summed E-state index contributed by atoms with van der Waals surface area (Å²) in [5.41, 5.74) is 2.64. The number of halogens is 1. The second-order valence-electron chi connectivity index (χ2n) is 4.87. The predicted octanol–water partition coefficient (Wildman–Crippen LogP) is 3.78. The van der Waals surface area contributed by atoms with Crippen molar-refractivity contribution < 1.29 is 14.6 Å². The van der Waals surface area contributed by atoms with E-state index in [-0.39, 0.29) is 5.69 Å². The topological polar surface area (TPSA) is 63.8 Å². The van der Waals surface area contributed by atoms with Crippen molar-refractivity contribution in [2.24, 2.45) is 0 Å². The minimum atomic E-state index is -1.04. The van der Waals surface area contributed by atoms with Gasteiger partial charge in [0.25, 0.3) is 0 Å².